The number of hydrogen-bond acceptors (Lipinski definition) is 10. The molecule has 0 radical (unpaired) electrons. The third kappa shape index (κ3) is 15.5. The normalized spacial score (nSPS) is 24.5. The first-order chi connectivity index (χ1) is 30.0. The van der Waals surface area contributed by atoms with Crippen LogP contribution in [0, 0.1) is 23.2 Å². The molecule has 1 aliphatic rings. The summed E-state index contributed by atoms with van der Waals surface area (Å²) in [5, 5.41) is 18.3. The minimum absolute atomic E-state index is 0.0720. The number of nitrogens with one attached hydrogen (secondary N) is 3. The van der Waals surface area contributed by atoms with Gasteiger partial charge in [-0.05, 0) is 66.1 Å². The summed E-state index contributed by atoms with van der Waals surface area (Å²) in [5.41, 5.74) is 0.439. The zero-order valence-electron chi connectivity index (χ0n) is 37.1. The molecular weight excluding hydrogens is 912 g/mol. The largest absolute Gasteiger partial charge is 0.451 e. The maximum atomic E-state index is 14.5. The van der Waals surface area contributed by atoms with Crippen molar-refractivity contribution < 1.29 is 64.6 Å². The van der Waals surface area contributed by atoms with Gasteiger partial charge in [-0.3, -0.25) is 28.8 Å². The molecule has 3 rings (SSSR count). The van der Waals surface area contributed by atoms with Crippen molar-refractivity contribution in [1.29, 1.82) is 5.26 Å². The third-order valence-corrected chi connectivity index (χ3v) is 12.0. The number of rotatable bonds is 10. The highest BCUT2D eigenvalue weighted by molar-refractivity contribution is 7.17. The first-order valence-corrected chi connectivity index (χ1v) is 21.9. The second kappa shape index (κ2) is 22.8. The molecule has 0 aliphatic carbocycles. The van der Waals surface area contributed by atoms with Gasteiger partial charge >= 0.3 is 18.3 Å². The van der Waals surface area contributed by atoms with E-state index in [1.807, 2.05) is 10.6 Å². The summed E-state index contributed by atoms with van der Waals surface area (Å²) in [6.07, 6.45) is -18.1. The van der Waals surface area contributed by atoms with Gasteiger partial charge in [0, 0.05) is 50.1 Å². The molecule has 2 heterocycles. The van der Waals surface area contributed by atoms with E-state index in [1.54, 1.807) is 57.3 Å². The molecule has 15 nitrogen and oxygen atoms in total. The van der Waals surface area contributed by atoms with Crippen LogP contribution in [0.4, 0.5) is 26.3 Å². The van der Waals surface area contributed by atoms with Crippen molar-refractivity contribution in [1.82, 2.24) is 30.7 Å². The lowest BCUT2D eigenvalue weighted by Crippen LogP contribution is -2.61. The van der Waals surface area contributed by atoms with E-state index in [4.69, 9.17) is 16.3 Å². The Labute approximate surface area is 381 Å². The van der Waals surface area contributed by atoms with Crippen molar-refractivity contribution in [2.24, 2.45) is 11.8 Å². The Morgan fingerprint density at radius 2 is 1.25 bits per heavy atom. The number of carbonyl (C=O) groups excluding carboxylic acids is 7. The molecular formula is C42H54ClF6N7O8S. The molecule has 0 unspecified atom stereocenters. The molecule has 0 saturated carbocycles. The van der Waals surface area contributed by atoms with E-state index in [-0.39, 0.29) is 25.2 Å². The van der Waals surface area contributed by atoms with Crippen LogP contribution in [0.2, 0.25) is 5.02 Å². The average molecular weight is 966 g/mol. The third-order valence-electron chi connectivity index (χ3n) is 10.7. The van der Waals surface area contributed by atoms with Gasteiger partial charge in [0.2, 0.25) is 29.5 Å². The molecule has 0 bridgehead atoms. The highest BCUT2D eigenvalue weighted by atomic mass is 35.5. The number of ether oxygens (including phenoxy) is 1. The number of thiophene rings is 1. The summed E-state index contributed by atoms with van der Waals surface area (Å²) in [4.78, 5) is 100. The van der Waals surface area contributed by atoms with Crippen molar-refractivity contribution in [3.05, 3.63) is 34.2 Å². The summed E-state index contributed by atoms with van der Waals surface area (Å²) >= 11 is 7.52. The molecule has 2 aromatic rings. The summed E-state index contributed by atoms with van der Waals surface area (Å²) < 4.78 is 91.1. The van der Waals surface area contributed by atoms with E-state index in [2.05, 4.69) is 5.32 Å². The summed E-state index contributed by atoms with van der Waals surface area (Å²) in [7, 11) is 3.07. The van der Waals surface area contributed by atoms with Crippen LogP contribution in [0.5, 0.6) is 0 Å². The van der Waals surface area contributed by atoms with Crippen LogP contribution in [0.15, 0.2) is 23.6 Å². The number of carbonyl (C=O) groups is 7. The molecule has 7 atom stereocenters. The smallest absolute Gasteiger partial charge is 0.391 e. The van der Waals surface area contributed by atoms with Crippen LogP contribution in [-0.2, 0) is 44.7 Å². The molecule has 1 aliphatic heterocycles. The predicted molar refractivity (Wildman–Crippen MR) is 227 cm³/mol. The number of hydrogen-bond donors (Lipinski definition) is 3. The lowest BCUT2D eigenvalue weighted by molar-refractivity contribution is -0.166. The number of cyclic esters (lactones) is 1. The number of halogens is 7. The highest BCUT2D eigenvalue weighted by Gasteiger charge is 2.45. The molecule has 1 aromatic heterocycles. The standard InChI is InChI=1S/C42H54ClF6N7O8S/c1-21(2)14-27-37(60)54(6)23(5)40(63)64-32(10-9-13-50)36(59)53-29(19-42(47,48)49)39(62)55(7)30(15-22(3)4)34(57)52-28(18-41(44,45)46)38(61)56(8)31(35(58)51-27)16-24-20-65-33-12-11-25(43)17-26(24)33/h11-12,17,20-23,27-32H,9-10,14-16,18-19H2,1-8H3,(H,51,58)(H,52,57)(H,53,59)/t23-,27-,28-,29-,30-,31-,32+/m0/s1. The fourth-order valence-corrected chi connectivity index (χ4v) is 8.27. The van der Waals surface area contributed by atoms with Gasteiger partial charge in [-0.25, -0.2) is 4.79 Å². The number of likely N-dealkylation sites (N-methyl/N-ethyl adjacent to an activating group) is 3. The van der Waals surface area contributed by atoms with Crippen molar-refractivity contribution in [3.8, 4) is 6.07 Å². The van der Waals surface area contributed by atoms with Crippen LogP contribution < -0.4 is 16.0 Å². The second-order valence-corrected chi connectivity index (χ2v) is 18.2. The molecule has 6 amide bonds. The molecule has 1 fully saturated rings. The molecule has 3 N–H and O–H groups in total. The Kier molecular flexibility index (Phi) is 19.0. The van der Waals surface area contributed by atoms with Crippen LogP contribution in [0.25, 0.3) is 10.1 Å². The summed E-state index contributed by atoms with van der Waals surface area (Å²) in [6, 6.07) is -4.82. The molecule has 65 heavy (non-hydrogen) atoms. The van der Waals surface area contributed by atoms with Gasteiger partial charge in [0.25, 0.3) is 5.91 Å². The lowest BCUT2D eigenvalue weighted by Gasteiger charge is -2.35. The second-order valence-electron chi connectivity index (χ2n) is 16.9. The van der Waals surface area contributed by atoms with Gasteiger partial charge in [-0.2, -0.15) is 31.6 Å². The molecule has 360 valence electrons. The Bertz CT molecular complexity index is 2110. The van der Waals surface area contributed by atoms with Gasteiger partial charge in [0.15, 0.2) is 6.10 Å². The van der Waals surface area contributed by atoms with Gasteiger partial charge in [-0.1, -0.05) is 39.3 Å². The monoisotopic (exact) mass is 965 g/mol. The quantitative estimate of drug-likeness (QED) is 0.210. The first-order valence-electron chi connectivity index (χ1n) is 20.6. The number of fused-ring (bicyclic) bond motifs is 1. The molecule has 23 heteroatoms. The van der Waals surface area contributed by atoms with Crippen molar-refractivity contribution >= 4 is 74.4 Å². The van der Waals surface area contributed by atoms with Crippen LogP contribution >= 0.6 is 22.9 Å². The summed E-state index contributed by atoms with van der Waals surface area (Å²) in [5.74, 6) is -9.80. The summed E-state index contributed by atoms with van der Waals surface area (Å²) in [6.45, 7) is 7.68. The minimum Gasteiger partial charge on any atom is -0.451 e. The molecule has 1 saturated heterocycles. The van der Waals surface area contributed by atoms with Gasteiger partial charge < -0.3 is 35.4 Å². The van der Waals surface area contributed by atoms with Crippen LogP contribution in [-0.4, -0.2) is 132 Å². The number of esters is 1. The fourth-order valence-electron chi connectivity index (χ4n) is 7.14. The highest BCUT2D eigenvalue weighted by Crippen LogP contribution is 2.31. The Morgan fingerprint density at radius 1 is 0.754 bits per heavy atom. The van der Waals surface area contributed by atoms with E-state index in [1.165, 1.54) is 18.3 Å². The Balaban J connectivity index is 2.31. The topological polar surface area (TPSA) is 198 Å². The maximum Gasteiger partial charge on any atom is 0.391 e. The maximum absolute atomic E-state index is 14.5. The minimum atomic E-state index is -5.14. The SMILES string of the molecule is CC(C)C[C@@H]1NC(=O)[C@H](Cc2csc3ccc(Cl)cc23)N(C)C(=O)[C@H](CC(F)(F)F)NC(=O)[C@H](CC(C)C)N(C)C(=O)[C@H](CC(F)(F)F)NC(=O)[C@@H](CCC#N)OC(=O)[C@H](C)N(C)C1=O. The van der Waals surface area contributed by atoms with E-state index < -0.39 is 128 Å². The van der Waals surface area contributed by atoms with Gasteiger partial charge in [0.05, 0.1) is 18.9 Å². The number of nitrogens with zero attached hydrogens (tertiary/aromatic N) is 4. The van der Waals surface area contributed by atoms with E-state index in [0.29, 0.717) is 30.5 Å². The number of alkyl halides is 6. The van der Waals surface area contributed by atoms with Crippen molar-refractivity contribution in [3.63, 3.8) is 0 Å². The van der Waals surface area contributed by atoms with Gasteiger partial charge in [0.1, 0.15) is 36.3 Å². The number of amides is 6. The number of nitriles is 1. The van der Waals surface area contributed by atoms with Crippen molar-refractivity contribution in [2.75, 3.05) is 21.1 Å². The van der Waals surface area contributed by atoms with Crippen LogP contribution in [0.3, 0.4) is 0 Å². The van der Waals surface area contributed by atoms with Gasteiger partial charge in [-0.15, -0.1) is 11.3 Å². The predicted octanol–water partition coefficient (Wildman–Crippen LogP) is 5.28. The molecule has 1 aromatic carbocycles. The fraction of sp³-hybridized carbons (Fsp3) is 0.619. The van der Waals surface area contributed by atoms with E-state index >= 15 is 0 Å². The lowest BCUT2D eigenvalue weighted by atomic mass is 9.98. The molecule has 0 spiro atoms. The van der Waals surface area contributed by atoms with E-state index in [9.17, 15) is 65.2 Å². The Morgan fingerprint density at radius 3 is 1.77 bits per heavy atom. The average Bonchev–Trinajstić information content (AvgIpc) is 3.60. The zero-order chi connectivity index (χ0) is 49.3. The van der Waals surface area contributed by atoms with Crippen molar-refractivity contribution in [2.45, 2.75) is 134 Å². The Hall–Kier alpha value is -5.17. The van der Waals surface area contributed by atoms with E-state index in [0.717, 1.165) is 26.0 Å². The first kappa shape index (κ1) is 54.2. The van der Waals surface area contributed by atoms with Crippen LogP contribution in [0.1, 0.15) is 78.7 Å². The number of benzene rings is 1. The zero-order valence-corrected chi connectivity index (χ0v) is 38.6.